The first-order valence-corrected chi connectivity index (χ1v) is 10.8. The minimum atomic E-state index is -0.506. The number of amides is 1. The fourth-order valence-electron chi connectivity index (χ4n) is 4.82. The second-order valence-corrected chi connectivity index (χ2v) is 9.25. The summed E-state index contributed by atoms with van der Waals surface area (Å²) < 4.78 is 22.3. The van der Waals surface area contributed by atoms with E-state index < -0.39 is 11.1 Å². The molecule has 1 saturated carbocycles. The fourth-order valence-corrected chi connectivity index (χ4v) is 4.82. The quantitative estimate of drug-likeness (QED) is 0.735. The van der Waals surface area contributed by atoms with E-state index in [1.54, 1.807) is 13.1 Å². The molecular weight excluding hydrogens is 412 g/mol. The number of carbonyl (C=O) groups is 1. The zero-order chi connectivity index (χ0) is 22.6. The Balaban J connectivity index is 0.000000154. The van der Waals surface area contributed by atoms with Crippen LogP contribution in [0.25, 0.3) is 0 Å². The summed E-state index contributed by atoms with van der Waals surface area (Å²) >= 11 is 0. The Hall–Kier alpha value is -3.07. The number of nitrogens with one attached hydrogen (secondary N) is 1. The van der Waals surface area contributed by atoms with Gasteiger partial charge in [-0.15, -0.1) is 0 Å². The highest BCUT2D eigenvalue weighted by atomic mass is 16.5. The molecule has 3 N–H and O–H groups in total. The van der Waals surface area contributed by atoms with Crippen LogP contribution in [-0.2, 0) is 15.0 Å². The number of benzene rings is 1. The van der Waals surface area contributed by atoms with Crippen LogP contribution in [0.3, 0.4) is 0 Å². The van der Waals surface area contributed by atoms with Crippen molar-refractivity contribution in [3.05, 3.63) is 47.3 Å². The Labute approximate surface area is 186 Å². The molecule has 0 radical (unpaired) electrons. The standard InChI is InChI=1S/C15H18N2O3.C8H10N2O2/c1-13(2)14(7-18-8-14)15(9-19-12(16)17-15)10-5-3-4-6-11(10)20-13;1-9-8(11)6-4-7(12-10-6)5-2-3-5/h3-6H,7-9H2,1-2H3,(H2,16,17);4-5H,2-3H2,1H3,(H,9,11). The number of aromatic nitrogens is 1. The van der Waals surface area contributed by atoms with Crippen LogP contribution >= 0.6 is 0 Å². The molecule has 1 saturated heterocycles. The smallest absolute Gasteiger partial charge is 0.283 e. The lowest BCUT2D eigenvalue weighted by atomic mass is 9.56. The Morgan fingerprint density at radius 1 is 1.19 bits per heavy atom. The molecule has 1 aromatic carbocycles. The molecule has 3 aliphatic heterocycles. The normalized spacial score (nSPS) is 26.0. The molecule has 9 nitrogen and oxygen atoms in total. The number of hydrogen-bond donors (Lipinski definition) is 2. The maximum Gasteiger partial charge on any atom is 0.283 e. The Kier molecular flexibility index (Phi) is 4.70. The maximum absolute atomic E-state index is 11.0. The van der Waals surface area contributed by atoms with Gasteiger partial charge in [-0.2, -0.15) is 0 Å². The first-order valence-electron chi connectivity index (χ1n) is 10.8. The fraction of sp³-hybridized carbons (Fsp3) is 0.522. The van der Waals surface area contributed by atoms with Gasteiger partial charge >= 0.3 is 0 Å². The molecule has 2 fully saturated rings. The van der Waals surface area contributed by atoms with Crippen LogP contribution in [0, 0.1) is 5.41 Å². The highest BCUT2D eigenvalue weighted by Crippen LogP contribution is 2.61. The van der Waals surface area contributed by atoms with E-state index in [9.17, 15) is 4.79 Å². The van der Waals surface area contributed by atoms with Gasteiger partial charge in [-0.3, -0.25) is 4.79 Å². The molecule has 2 aromatic rings. The highest BCUT2D eigenvalue weighted by molar-refractivity contribution is 5.91. The molecule has 4 aliphatic rings. The van der Waals surface area contributed by atoms with Gasteiger partial charge in [0.2, 0.25) is 0 Å². The first-order chi connectivity index (χ1) is 15.3. The van der Waals surface area contributed by atoms with Crippen molar-refractivity contribution in [2.45, 2.75) is 43.7 Å². The molecule has 6 rings (SSSR count). The Morgan fingerprint density at radius 3 is 2.53 bits per heavy atom. The molecule has 1 aliphatic carbocycles. The zero-order valence-electron chi connectivity index (χ0n) is 18.5. The molecule has 9 heteroatoms. The minimum absolute atomic E-state index is 0.189. The van der Waals surface area contributed by atoms with Crippen LogP contribution in [0.15, 0.2) is 39.8 Å². The first kappa shape index (κ1) is 20.8. The third kappa shape index (κ3) is 2.98. The Morgan fingerprint density at radius 2 is 1.94 bits per heavy atom. The van der Waals surface area contributed by atoms with Gasteiger partial charge in [0.25, 0.3) is 11.9 Å². The predicted molar refractivity (Wildman–Crippen MR) is 116 cm³/mol. The van der Waals surface area contributed by atoms with Crippen molar-refractivity contribution in [3.8, 4) is 5.75 Å². The number of para-hydroxylation sites is 1. The summed E-state index contributed by atoms with van der Waals surface area (Å²) in [6, 6.07) is 9.98. The van der Waals surface area contributed by atoms with E-state index >= 15 is 0 Å². The molecule has 1 aromatic heterocycles. The zero-order valence-corrected chi connectivity index (χ0v) is 18.5. The van der Waals surface area contributed by atoms with Crippen molar-refractivity contribution >= 4 is 11.9 Å². The van der Waals surface area contributed by atoms with E-state index in [1.807, 2.05) is 18.2 Å². The van der Waals surface area contributed by atoms with Gasteiger partial charge in [-0.05, 0) is 32.8 Å². The van der Waals surface area contributed by atoms with E-state index in [1.165, 1.54) is 0 Å². The number of rotatable bonds is 2. The molecule has 1 unspecified atom stereocenters. The topological polar surface area (TPSA) is 121 Å². The van der Waals surface area contributed by atoms with Crippen LogP contribution in [0.4, 0.5) is 0 Å². The highest BCUT2D eigenvalue weighted by Gasteiger charge is 2.71. The van der Waals surface area contributed by atoms with Crippen molar-refractivity contribution in [3.63, 3.8) is 0 Å². The predicted octanol–water partition coefficient (Wildman–Crippen LogP) is 2.33. The molecule has 2 spiro atoms. The van der Waals surface area contributed by atoms with Crippen LogP contribution < -0.4 is 15.8 Å². The number of nitrogens with two attached hydrogens (primary N) is 1. The van der Waals surface area contributed by atoms with Gasteiger partial charge in [0.1, 0.15) is 29.3 Å². The van der Waals surface area contributed by atoms with Crippen LogP contribution in [0.2, 0.25) is 0 Å². The number of aliphatic imine (C=N–C) groups is 1. The molecule has 1 amide bonds. The van der Waals surface area contributed by atoms with Gasteiger partial charge in [0.05, 0.1) is 18.6 Å². The van der Waals surface area contributed by atoms with Gasteiger partial charge in [0, 0.05) is 24.6 Å². The van der Waals surface area contributed by atoms with E-state index in [4.69, 9.17) is 29.5 Å². The van der Waals surface area contributed by atoms with Gasteiger partial charge < -0.3 is 29.8 Å². The summed E-state index contributed by atoms with van der Waals surface area (Å²) in [5.74, 6) is 2.02. The summed E-state index contributed by atoms with van der Waals surface area (Å²) in [6.45, 7) is 5.85. The number of fused-ring (bicyclic) bond motifs is 3. The van der Waals surface area contributed by atoms with Crippen molar-refractivity contribution in [2.24, 2.45) is 16.1 Å². The lowest BCUT2D eigenvalue weighted by Crippen LogP contribution is -2.71. The number of amidine groups is 1. The molecule has 4 heterocycles. The summed E-state index contributed by atoms with van der Waals surface area (Å²) in [4.78, 5) is 15.7. The minimum Gasteiger partial charge on any atom is -0.487 e. The average Bonchev–Trinajstić information content (AvgIpc) is 3.33. The molecular formula is C23H28N4O5. The second-order valence-electron chi connectivity index (χ2n) is 9.25. The number of ether oxygens (including phenoxy) is 3. The monoisotopic (exact) mass is 440 g/mol. The number of hydrogen-bond acceptors (Lipinski definition) is 8. The summed E-state index contributed by atoms with van der Waals surface area (Å²) in [7, 11) is 1.58. The Bertz CT molecular complexity index is 1070. The average molecular weight is 441 g/mol. The van der Waals surface area contributed by atoms with Crippen LogP contribution in [0.1, 0.15) is 54.4 Å². The van der Waals surface area contributed by atoms with Gasteiger partial charge in [-0.25, -0.2) is 4.99 Å². The van der Waals surface area contributed by atoms with Crippen molar-refractivity contribution < 1.29 is 23.5 Å². The number of nitrogens with zero attached hydrogens (tertiary/aromatic N) is 2. The third-order valence-corrected chi connectivity index (χ3v) is 7.04. The maximum atomic E-state index is 11.0. The second kappa shape index (κ2) is 7.23. The molecule has 170 valence electrons. The SMILES string of the molecule is CC1(C)Oc2ccccc2C2(COC(N)=N2)C12COC2.CNC(=O)c1cc(C2CC2)on1. The molecule has 0 bridgehead atoms. The van der Waals surface area contributed by atoms with Crippen molar-refractivity contribution in [1.82, 2.24) is 10.5 Å². The lowest BCUT2D eigenvalue weighted by molar-refractivity contribution is -0.247. The van der Waals surface area contributed by atoms with E-state index in [0.717, 1.165) is 29.9 Å². The number of carbonyl (C=O) groups excluding carboxylic acids is 1. The molecule has 32 heavy (non-hydrogen) atoms. The van der Waals surface area contributed by atoms with Gasteiger partial charge in [-0.1, -0.05) is 23.4 Å². The van der Waals surface area contributed by atoms with Crippen LogP contribution in [0.5, 0.6) is 5.75 Å². The van der Waals surface area contributed by atoms with Gasteiger partial charge in [0.15, 0.2) is 5.69 Å². The largest absolute Gasteiger partial charge is 0.487 e. The third-order valence-electron chi connectivity index (χ3n) is 7.04. The summed E-state index contributed by atoms with van der Waals surface area (Å²) in [5.41, 5.74) is 6.11. The molecule has 1 atom stereocenters. The van der Waals surface area contributed by atoms with E-state index in [2.05, 4.69) is 30.4 Å². The summed E-state index contributed by atoms with van der Waals surface area (Å²) in [5, 5.41) is 6.15. The lowest BCUT2D eigenvalue weighted by Gasteiger charge is -2.61. The van der Waals surface area contributed by atoms with E-state index in [-0.39, 0.29) is 17.3 Å². The summed E-state index contributed by atoms with van der Waals surface area (Å²) in [6.07, 6.45) is 2.31. The van der Waals surface area contributed by atoms with Crippen molar-refractivity contribution in [2.75, 3.05) is 26.9 Å². The van der Waals surface area contributed by atoms with Crippen molar-refractivity contribution in [1.29, 1.82) is 0 Å². The van der Waals surface area contributed by atoms with Crippen LogP contribution in [-0.4, -0.2) is 49.6 Å². The van der Waals surface area contributed by atoms with E-state index in [0.29, 0.717) is 31.4 Å².